The quantitative estimate of drug-likeness (QED) is 0.158. The molecule has 9 heteroatoms. The van der Waals surface area contributed by atoms with E-state index in [1.54, 1.807) is 44.2 Å². The van der Waals surface area contributed by atoms with Crippen LogP contribution in [0.4, 0.5) is 4.39 Å². The van der Waals surface area contributed by atoms with E-state index in [1.807, 2.05) is 0 Å². The van der Waals surface area contributed by atoms with E-state index in [0.29, 0.717) is 16.9 Å². The summed E-state index contributed by atoms with van der Waals surface area (Å²) < 4.78 is 40.9. The molecule has 33 heavy (non-hydrogen) atoms. The van der Waals surface area contributed by atoms with Crippen molar-refractivity contribution < 1.29 is 42.8 Å². The third-order valence-electron chi connectivity index (χ3n) is 4.21. The van der Waals surface area contributed by atoms with Gasteiger partial charge in [-0.2, -0.15) is 0 Å². The zero-order chi connectivity index (χ0) is 24.2. The van der Waals surface area contributed by atoms with Crippen LogP contribution in [0, 0.1) is 5.82 Å². The molecule has 0 unspecified atom stereocenters. The molecular weight excluding hydrogens is 435 g/mol. The minimum absolute atomic E-state index is 0.0364. The van der Waals surface area contributed by atoms with E-state index in [0.717, 1.165) is 0 Å². The standard InChI is InChI=1S/C24H27FO8/c1-4-22(27)31-11-12-32-23-20(25)13-18(14-21(23)30-10-9-29-15-26)17-5-7-19(8-6-17)33-24(28)16(2)3/h5-8,13-14,26H,2,4,9-12,15H2,1,3H3. The van der Waals surface area contributed by atoms with Gasteiger partial charge in [-0.25, -0.2) is 9.18 Å². The topological polar surface area (TPSA) is 101 Å². The maximum absolute atomic E-state index is 14.9. The van der Waals surface area contributed by atoms with Crippen LogP contribution in [0.15, 0.2) is 48.6 Å². The van der Waals surface area contributed by atoms with Crippen LogP contribution in [0.3, 0.4) is 0 Å². The summed E-state index contributed by atoms with van der Waals surface area (Å²) in [5.41, 5.74) is 1.41. The van der Waals surface area contributed by atoms with Crippen LogP contribution >= 0.6 is 0 Å². The third kappa shape index (κ3) is 8.21. The lowest BCUT2D eigenvalue weighted by Gasteiger charge is -2.16. The number of esters is 2. The highest BCUT2D eigenvalue weighted by molar-refractivity contribution is 5.88. The van der Waals surface area contributed by atoms with Crippen LogP contribution in [0.2, 0.25) is 0 Å². The number of carbonyl (C=O) groups excluding carboxylic acids is 2. The van der Waals surface area contributed by atoms with Crippen LogP contribution in [0.25, 0.3) is 11.1 Å². The van der Waals surface area contributed by atoms with Crippen molar-refractivity contribution in [1.29, 1.82) is 0 Å². The maximum atomic E-state index is 14.9. The number of hydrogen-bond acceptors (Lipinski definition) is 8. The molecular formula is C24H27FO8. The van der Waals surface area contributed by atoms with E-state index in [-0.39, 0.29) is 55.9 Å². The summed E-state index contributed by atoms with van der Waals surface area (Å²) in [6, 6.07) is 9.36. The molecule has 0 aliphatic carbocycles. The van der Waals surface area contributed by atoms with Crippen LogP contribution in [-0.2, 0) is 19.1 Å². The van der Waals surface area contributed by atoms with Crippen LogP contribution in [0.1, 0.15) is 20.3 Å². The first kappa shape index (κ1) is 25.8. The summed E-state index contributed by atoms with van der Waals surface area (Å²) in [6.07, 6.45) is 0.230. The molecule has 2 aromatic rings. The van der Waals surface area contributed by atoms with Crippen molar-refractivity contribution in [2.45, 2.75) is 20.3 Å². The largest absolute Gasteiger partial charge is 0.487 e. The molecule has 1 N–H and O–H groups in total. The van der Waals surface area contributed by atoms with Gasteiger partial charge < -0.3 is 28.8 Å². The molecule has 0 radical (unpaired) electrons. The molecule has 2 aromatic carbocycles. The molecule has 2 rings (SSSR count). The number of aliphatic hydroxyl groups excluding tert-OH is 1. The second-order valence-corrected chi connectivity index (χ2v) is 6.79. The van der Waals surface area contributed by atoms with Crippen molar-refractivity contribution in [1.82, 2.24) is 0 Å². The average molecular weight is 462 g/mol. The molecule has 0 heterocycles. The highest BCUT2D eigenvalue weighted by atomic mass is 19.1. The number of halogens is 1. The van der Waals surface area contributed by atoms with Crippen molar-refractivity contribution in [2.24, 2.45) is 0 Å². The van der Waals surface area contributed by atoms with Crippen LogP contribution < -0.4 is 14.2 Å². The fourth-order valence-electron chi connectivity index (χ4n) is 2.57. The molecule has 0 spiro atoms. The Kier molecular flexibility index (Phi) is 10.3. The molecule has 0 saturated heterocycles. The second kappa shape index (κ2) is 13.2. The Hall–Kier alpha value is -3.43. The third-order valence-corrected chi connectivity index (χ3v) is 4.21. The predicted molar refractivity (Wildman–Crippen MR) is 118 cm³/mol. The lowest BCUT2D eigenvalue weighted by atomic mass is 10.0. The van der Waals surface area contributed by atoms with Crippen LogP contribution in [-0.4, -0.2) is 50.3 Å². The summed E-state index contributed by atoms with van der Waals surface area (Å²) in [6.45, 7) is 6.30. The van der Waals surface area contributed by atoms with E-state index in [4.69, 9.17) is 28.8 Å². The van der Waals surface area contributed by atoms with Gasteiger partial charge in [0.1, 0.15) is 32.4 Å². The van der Waals surface area contributed by atoms with Gasteiger partial charge in [0.2, 0.25) is 0 Å². The number of ether oxygens (including phenoxy) is 5. The highest BCUT2D eigenvalue weighted by Crippen LogP contribution is 2.36. The first-order valence-electron chi connectivity index (χ1n) is 10.3. The zero-order valence-corrected chi connectivity index (χ0v) is 18.6. The molecule has 0 aliphatic heterocycles. The number of hydrogen-bond donors (Lipinski definition) is 1. The van der Waals surface area contributed by atoms with Crippen molar-refractivity contribution in [3.8, 4) is 28.4 Å². The van der Waals surface area contributed by atoms with Gasteiger partial charge >= 0.3 is 11.9 Å². The number of benzene rings is 2. The van der Waals surface area contributed by atoms with Crippen molar-refractivity contribution in [3.63, 3.8) is 0 Å². The number of carbonyl (C=O) groups is 2. The first-order chi connectivity index (χ1) is 15.8. The monoisotopic (exact) mass is 462 g/mol. The average Bonchev–Trinajstić information content (AvgIpc) is 2.80. The molecule has 0 aliphatic rings. The van der Waals surface area contributed by atoms with Crippen molar-refractivity contribution in [2.75, 3.05) is 33.2 Å². The smallest absolute Gasteiger partial charge is 0.338 e. The SMILES string of the molecule is C=C(C)C(=O)Oc1ccc(-c2cc(F)c(OCCOC(=O)CC)c(OCCOCO)c2)cc1. The van der Waals surface area contributed by atoms with Gasteiger partial charge in [-0.1, -0.05) is 25.6 Å². The van der Waals surface area contributed by atoms with Crippen molar-refractivity contribution in [3.05, 3.63) is 54.4 Å². The van der Waals surface area contributed by atoms with E-state index >= 15 is 0 Å². The summed E-state index contributed by atoms with van der Waals surface area (Å²) in [5.74, 6) is -1.30. The zero-order valence-electron chi connectivity index (χ0n) is 18.6. The predicted octanol–water partition coefficient (Wildman–Crippen LogP) is 3.65. The molecule has 0 bridgehead atoms. The van der Waals surface area contributed by atoms with Gasteiger partial charge in [0.25, 0.3) is 0 Å². The summed E-state index contributed by atoms with van der Waals surface area (Å²) >= 11 is 0. The highest BCUT2D eigenvalue weighted by Gasteiger charge is 2.16. The molecule has 0 amide bonds. The van der Waals surface area contributed by atoms with Gasteiger partial charge in [-0.15, -0.1) is 0 Å². The van der Waals surface area contributed by atoms with Gasteiger partial charge in [0.15, 0.2) is 17.3 Å². The molecule has 0 atom stereocenters. The Morgan fingerprint density at radius 2 is 1.70 bits per heavy atom. The Balaban J connectivity index is 2.20. The van der Waals surface area contributed by atoms with Gasteiger partial charge in [0.05, 0.1) is 6.61 Å². The molecule has 178 valence electrons. The van der Waals surface area contributed by atoms with E-state index in [9.17, 15) is 14.0 Å². The molecule has 8 nitrogen and oxygen atoms in total. The van der Waals surface area contributed by atoms with Gasteiger partial charge in [0, 0.05) is 12.0 Å². The Bertz CT molecular complexity index is 956. The van der Waals surface area contributed by atoms with Gasteiger partial charge in [-0.05, 0) is 42.3 Å². The lowest BCUT2D eigenvalue weighted by molar-refractivity contribution is -0.144. The molecule has 0 fully saturated rings. The van der Waals surface area contributed by atoms with E-state index in [2.05, 4.69) is 6.58 Å². The van der Waals surface area contributed by atoms with E-state index < -0.39 is 18.6 Å². The number of rotatable bonds is 13. The van der Waals surface area contributed by atoms with E-state index in [1.165, 1.54) is 6.07 Å². The fraction of sp³-hybridized carbons (Fsp3) is 0.333. The normalized spacial score (nSPS) is 10.4. The lowest BCUT2D eigenvalue weighted by Crippen LogP contribution is -2.13. The Morgan fingerprint density at radius 3 is 2.33 bits per heavy atom. The second-order valence-electron chi connectivity index (χ2n) is 6.79. The van der Waals surface area contributed by atoms with Crippen molar-refractivity contribution >= 4 is 11.9 Å². The fourth-order valence-corrected chi connectivity index (χ4v) is 2.57. The maximum Gasteiger partial charge on any atom is 0.338 e. The van der Waals surface area contributed by atoms with Crippen LogP contribution in [0.5, 0.6) is 17.2 Å². The summed E-state index contributed by atoms with van der Waals surface area (Å²) in [5, 5.41) is 8.73. The Labute approximate surface area is 191 Å². The number of aliphatic hydroxyl groups is 1. The minimum atomic E-state index is -0.676. The summed E-state index contributed by atoms with van der Waals surface area (Å²) in [7, 11) is 0. The Morgan fingerprint density at radius 1 is 1.00 bits per heavy atom. The first-order valence-corrected chi connectivity index (χ1v) is 10.3. The molecule has 0 aromatic heterocycles. The minimum Gasteiger partial charge on any atom is -0.487 e. The summed E-state index contributed by atoms with van der Waals surface area (Å²) in [4.78, 5) is 22.9. The molecule has 0 saturated carbocycles. The van der Waals surface area contributed by atoms with Gasteiger partial charge in [-0.3, -0.25) is 4.79 Å².